The molecule has 3 rings (SSSR count). The molecule has 0 bridgehead atoms. The molecule has 0 spiro atoms. The quantitative estimate of drug-likeness (QED) is 0.408. The predicted octanol–water partition coefficient (Wildman–Crippen LogP) is 6.09. The largest absolute Gasteiger partial charge is 0.352 e. The molecule has 32 heavy (non-hydrogen) atoms. The van der Waals surface area contributed by atoms with Crippen LogP contribution in [0, 0.1) is 0 Å². The van der Waals surface area contributed by atoms with Crippen LogP contribution in [0.2, 0.25) is 10.0 Å². The molecule has 2 aromatic rings. The van der Waals surface area contributed by atoms with Gasteiger partial charge in [0, 0.05) is 40.6 Å². The molecular formula is C25H30Cl2N2O2S. The van der Waals surface area contributed by atoms with Crippen molar-refractivity contribution in [1.82, 2.24) is 10.2 Å². The van der Waals surface area contributed by atoms with E-state index in [-0.39, 0.29) is 24.4 Å². The maximum atomic E-state index is 13.2. The SMILES string of the molecule is C[C@@H](C(=O)NC1CCCC1)N(Cc1ccc(Cl)cc1Cl)C(=O)CCSCc1ccccc1. The molecule has 2 aromatic carbocycles. The fourth-order valence-electron chi connectivity index (χ4n) is 3.88. The van der Waals surface area contributed by atoms with Crippen molar-refractivity contribution >= 4 is 46.8 Å². The van der Waals surface area contributed by atoms with Crippen LogP contribution in [0.15, 0.2) is 48.5 Å². The van der Waals surface area contributed by atoms with Crippen molar-refractivity contribution in [2.45, 2.75) is 63.4 Å². The van der Waals surface area contributed by atoms with Gasteiger partial charge in [0.25, 0.3) is 0 Å². The molecule has 1 atom stereocenters. The predicted molar refractivity (Wildman–Crippen MR) is 134 cm³/mol. The van der Waals surface area contributed by atoms with E-state index in [0.717, 1.165) is 37.0 Å². The molecule has 1 saturated carbocycles. The molecule has 0 aromatic heterocycles. The Morgan fingerprint density at radius 1 is 1.12 bits per heavy atom. The standard InChI is InChI=1S/C25H30Cl2N2O2S/c1-18(25(31)28-22-9-5-6-10-22)29(16-20-11-12-21(26)15-23(20)27)24(30)13-14-32-17-19-7-3-2-4-8-19/h2-4,7-8,11-12,15,18,22H,5-6,9-10,13-14,16-17H2,1H3,(H,28,31)/t18-/m0/s1. The van der Waals surface area contributed by atoms with Gasteiger partial charge >= 0.3 is 0 Å². The fraction of sp³-hybridized carbons (Fsp3) is 0.440. The molecule has 1 N–H and O–H groups in total. The van der Waals surface area contributed by atoms with Gasteiger partial charge in [0.2, 0.25) is 11.8 Å². The van der Waals surface area contributed by atoms with Crippen molar-refractivity contribution in [3.05, 3.63) is 69.7 Å². The van der Waals surface area contributed by atoms with E-state index in [4.69, 9.17) is 23.2 Å². The van der Waals surface area contributed by atoms with Crippen LogP contribution in [0.25, 0.3) is 0 Å². The summed E-state index contributed by atoms with van der Waals surface area (Å²) in [6.45, 7) is 2.07. The van der Waals surface area contributed by atoms with Crippen molar-refractivity contribution in [2.75, 3.05) is 5.75 Å². The number of hydrogen-bond acceptors (Lipinski definition) is 3. The second-order valence-corrected chi connectivity index (χ2v) is 10.2. The van der Waals surface area contributed by atoms with Crippen LogP contribution in [0.1, 0.15) is 50.2 Å². The fourth-order valence-corrected chi connectivity index (χ4v) is 5.24. The molecule has 1 aliphatic carbocycles. The van der Waals surface area contributed by atoms with Gasteiger partial charge in [-0.2, -0.15) is 11.8 Å². The van der Waals surface area contributed by atoms with E-state index in [9.17, 15) is 9.59 Å². The van der Waals surface area contributed by atoms with Gasteiger partial charge < -0.3 is 10.2 Å². The topological polar surface area (TPSA) is 49.4 Å². The monoisotopic (exact) mass is 492 g/mol. The summed E-state index contributed by atoms with van der Waals surface area (Å²) in [5, 5.41) is 4.16. The second-order valence-electron chi connectivity index (χ2n) is 8.21. The molecule has 0 radical (unpaired) electrons. The van der Waals surface area contributed by atoms with Crippen LogP contribution in [-0.4, -0.2) is 34.6 Å². The zero-order chi connectivity index (χ0) is 22.9. The number of carbonyl (C=O) groups excluding carboxylic acids is 2. The summed E-state index contributed by atoms with van der Waals surface area (Å²) in [5.41, 5.74) is 2.01. The average molecular weight is 494 g/mol. The van der Waals surface area contributed by atoms with Crippen molar-refractivity contribution in [1.29, 1.82) is 0 Å². The van der Waals surface area contributed by atoms with E-state index in [1.807, 2.05) is 24.3 Å². The Morgan fingerprint density at radius 2 is 1.84 bits per heavy atom. The summed E-state index contributed by atoms with van der Waals surface area (Å²) < 4.78 is 0. The van der Waals surface area contributed by atoms with E-state index < -0.39 is 6.04 Å². The number of halogens is 2. The lowest BCUT2D eigenvalue weighted by Crippen LogP contribution is -2.49. The molecule has 1 aliphatic rings. The first-order valence-electron chi connectivity index (χ1n) is 11.1. The van der Waals surface area contributed by atoms with E-state index in [1.54, 1.807) is 35.7 Å². The zero-order valence-corrected chi connectivity index (χ0v) is 20.7. The van der Waals surface area contributed by atoms with E-state index in [1.165, 1.54) is 5.56 Å². The lowest BCUT2D eigenvalue weighted by atomic mass is 10.1. The molecule has 0 saturated heterocycles. The highest BCUT2D eigenvalue weighted by Crippen LogP contribution is 2.24. The summed E-state index contributed by atoms with van der Waals surface area (Å²) in [4.78, 5) is 27.7. The molecule has 7 heteroatoms. The van der Waals surface area contributed by atoms with Crippen molar-refractivity contribution < 1.29 is 9.59 Å². The number of carbonyl (C=O) groups is 2. The van der Waals surface area contributed by atoms with Gasteiger partial charge in [0.05, 0.1) is 0 Å². The first-order chi connectivity index (χ1) is 15.4. The number of rotatable bonds is 10. The van der Waals surface area contributed by atoms with Crippen LogP contribution in [0.4, 0.5) is 0 Å². The first-order valence-corrected chi connectivity index (χ1v) is 13.0. The zero-order valence-electron chi connectivity index (χ0n) is 18.4. The van der Waals surface area contributed by atoms with Gasteiger partial charge in [-0.05, 0) is 43.0 Å². The minimum absolute atomic E-state index is 0.0503. The van der Waals surface area contributed by atoms with Crippen LogP contribution >= 0.6 is 35.0 Å². The Hall–Kier alpha value is -1.69. The molecule has 2 amide bonds. The number of nitrogens with zero attached hydrogens (tertiary/aromatic N) is 1. The number of nitrogens with one attached hydrogen (secondary N) is 1. The summed E-state index contributed by atoms with van der Waals surface area (Å²) in [6, 6.07) is 15.1. The van der Waals surface area contributed by atoms with Crippen molar-refractivity contribution in [3.8, 4) is 0 Å². The summed E-state index contributed by atoms with van der Waals surface area (Å²) in [6.07, 6.45) is 4.66. The highest BCUT2D eigenvalue weighted by Gasteiger charge is 2.28. The molecular weight excluding hydrogens is 463 g/mol. The Labute approximate surface area is 205 Å². The van der Waals surface area contributed by atoms with Gasteiger partial charge in [-0.1, -0.05) is 72.4 Å². The normalized spacial score (nSPS) is 14.8. The number of thioether (sulfide) groups is 1. The molecule has 172 valence electrons. The maximum Gasteiger partial charge on any atom is 0.242 e. The van der Waals surface area contributed by atoms with Gasteiger partial charge in [0.15, 0.2) is 0 Å². The Bertz CT molecular complexity index is 904. The minimum atomic E-state index is -0.575. The highest BCUT2D eigenvalue weighted by molar-refractivity contribution is 7.98. The average Bonchev–Trinajstić information content (AvgIpc) is 3.29. The Kier molecular flexibility index (Phi) is 9.76. The van der Waals surface area contributed by atoms with E-state index in [2.05, 4.69) is 17.4 Å². The lowest BCUT2D eigenvalue weighted by Gasteiger charge is -2.30. The van der Waals surface area contributed by atoms with Gasteiger partial charge in [0.1, 0.15) is 6.04 Å². The van der Waals surface area contributed by atoms with Crippen LogP contribution in [0.5, 0.6) is 0 Å². The molecule has 0 heterocycles. The Balaban J connectivity index is 1.63. The van der Waals surface area contributed by atoms with Crippen LogP contribution < -0.4 is 5.32 Å². The number of hydrogen-bond donors (Lipinski definition) is 1. The third kappa shape index (κ3) is 7.43. The van der Waals surface area contributed by atoms with Gasteiger partial charge in [-0.15, -0.1) is 0 Å². The van der Waals surface area contributed by atoms with E-state index >= 15 is 0 Å². The highest BCUT2D eigenvalue weighted by atomic mass is 35.5. The lowest BCUT2D eigenvalue weighted by molar-refractivity contribution is -0.140. The first kappa shape index (κ1) is 24.9. The maximum absolute atomic E-state index is 13.2. The molecule has 0 aliphatic heterocycles. The molecule has 1 fully saturated rings. The number of benzene rings is 2. The summed E-state index contributed by atoms with van der Waals surface area (Å²) in [5.74, 6) is 1.39. The summed E-state index contributed by atoms with van der Waals surface area (Å²) in [7, 11) is 0. The second kappa shape index (κ2) is 12.5. The van der Waals surface area contributed by atoms with Crippen LogP contribution in [0.3, 0.4) is 0 Å². The van der Waals surface area contributed by atoms with Crippen molar-refractivity contribution in [2.24, 2.45) is 0 Å². The summed E-state index contributed by atoms with van der Waals surface area (Å²) >= 11 is 14.1. The molecule has 4 nitrogen and oxygen atoms in total. The van der Waals surface area contributed by atoms with Gasteiger partial charge in [-0.25, -0.2) is 0 Å². The minimum Gasteiger partial charge on any atom is -0.352 e. The smallest absolute Gasteiger partial charge is 0.242 e. The van der Waals surface area contributed by atoms with Crippen LogP contribution in [-0.2, 0) is 21.9 Å². The third-order valence-corrected chi connectivity index (χ3v) is 7.41. The van der Waals surface area contributed by atoms with E-state index in [0.29, 0.717) is 22.2 Å². The Morgan fingerprint density at radius 3 is 2.53 bits per heavy atom. The third-order valence-electron chi connectivity index (χ3n) is 5.80. The molecule has 0 unspecified atom stereocenters. The number of amides is 2. The van der Waals surface area contributed by atoms with Gasteiger partial charge in [-0.3, -0.25) is 9.59 Å². The van der Waals surface area contributed by atoms with Crippen molar-refractivity contribution in [3.63, 3.8) is 0 Å².